The molecule has 0 aliphatic rings. The number of carboxylic acids is 1. The zero-order chi connectivity index (χ0) is 21.3. The normalized spacial score (nSPS) is 10.5. The molecule has 2 heterocycles. The first kappa shape index (κ1) is 19.2. The predicted molar refractivity (Wildman–Crippen MR) is 90.7 cm³/mol. The van der Waals surface area contributed by atoms with Gasteiger partial charge in [0.15, 0.2) is 0 Å². The molecule has 0 aliphatic carbocycles. The first-order valence-electron chi connectivity index (χ1n) is 7.70. The van der Waals surface area contributed by atoms with Crippen molar-refractivity contribution in [1.82, 2.24) is 9.46 Å². The fourth-order valence-electron chi connectivity index (χ4n) is 2.25. The Labute approximate surface area is 160 Å². The Morgan fingerprint density at radius 3 is 1.24 bits per heavy atom. The number of rotatable bonds is 5. The van der Waals surface area contributed by atoms with Gasteiger partial charge in [-0.05, 0) is 18.2 Å². The summed E-state index contributed by atoms with van der Waals surface area (Å²) in [4.78, 5) is 45.4. The number of benzene rings is 1. The standard InChI is InChI=1S/C17H12N2O10/c20-11-1-2-12(21)18(11)28-16(26)9-5-8(15(24)25)6-10(7-9)17(27)29-19-13(22)3-4-14(19)23/h1-7,20-23H,(H,24,25). The number of aromatic nitrogens is 2. The Bertz CT molecular complexity index is 1010. The first-order valence-corrected chi connectivity index (χ1v) is 7.70. The average Bonchev–Trinajstić information content (AvgIpc) is 3.17. The Balaban J connectivity index is 1.94. The first-order chi connectivity index (χ1) is 13.7. The lowest BCUT2D eigenvalue weighted by Crippen LogP contribution is -2.22. The molecular formula is C17H12N2O10. The van der Waals surface area contributed by atoms with Crippen LogP contribution in [0.3, 0.4) is 0 Å². The lowest BCUT2D eigenvalue weighted by Gasteiger charge is -2.10. The van der Waals surface area contributed by atoms with Crippen LogP contribution >= 0.6 is 0 Å². The fourth-order valence-corrected chi connectivity index (χ4v) is 2.25. The van der Waals surface area contributed by atoms with E-state index in [1.165, 1.54) is 0 Å². The second-order valence-corrected chi connectivity index (χ2v) is 5.55. The van der Waals surface area contributed by atoms with E-state index >= 15 is 0 Å². The van der Waals surface area contributed by atoms with Crippen molar-refractivity contribution in [3.63, 3.8) is 0 Å². The van der Waals surface area contributed by atoms with E-state index in [2.05, 4.69) is 0 Å². The molecule has 0 saturated carbocycles. The average molecular weight is 404 g/mol. The van der Waals surface area contributed by atoms with Gasteiger partial charge in [-0.3, -0.25) is 0 Å². The van der Waals surface area contributed by atoms with Crippen molar-refractivity contribution < 1.29 is 49.6 Å². The second-order valence-electron chi connectivity index (χ2n) is 5.55. The van der Waals surface area contributed by atoms with Crippen LogP contribution < -0.4 is 9.68 Å². The van der Waals surface area contributed by atoms with Gasteiger partial charge in [-0.25, -0.2) is 14.4 Å². The molecule has 0 unspecified atom stereocenters. The smallest absolute Gasteiger partial charge is 0.363 e. The van der Waals surface area contributed by atoms with Crippen molar-refractivity contribution in [3.05, 3.63) is 59.2 Å². The van der Waals surface area contributed by atoms with Crippen LogP contribution in [-0.2, 0) is 0 Å². The monoisotopic (exact) mass is 404 g/mol. The molecule has 12 nitrogen and oxygen atoms in total. The number of nitrogens with zero attached hydrogens (tertiary/aromatic N) is 2. The van der Waals surface area contributed by atoms with Gasteiger partial charge < -0.3 is 35.2 Å². The molecule has 0 atom stereocenters. The van der Waals surface area contributed by atoms with E-state index in [1.807, 2.05) is 0 Å². The molecule has 3 aromatic rings. The number of hydrogen-bond donors (Lipinski definition) is 5. The number of carbonyl (C=O) groups is 3. The van der Waals surface area contributed by atoms with E-state index in [0.717, 1.165) is 42.5 Å². The molecule has 0 aliphatic heterocycles. The molecule has 0 saturated heterocycles. The Hall–Kier alpha value is -4.61. The van der Waals surface area contributed by atoms with E-state index in [0.29, 0.717) is 9.46 Å². The topological polar surface area (TPSA) is 181 Å². The molecule has 1 aromatic carbocycles. The molecule has 3 rings (SSSR count). The van der Waals surface area contributed by atoms with Crippen LogP contribution in [0.1, 0.15) is 31.1 Å². The van der Waals surface area contributed by atoms with Gasteiger partial charge >= 0.3 is 17.9 Å². The Morgan fingerprint density at radius 2 is 0.931 bits per heavy atom. The zero-order valence-electron chi connectivity index (χ0n) is 14.2. The minimum absolute atomic E-state index is 0.379. The van der Waals surface area contributed by atoms with Gasteiger partial charge in [0.1, 0.15) is 0 Å². The number of carbonyl (C=O) groups excluding carboxylic acids is 2. The maximum atomic E-state index is 12.3. The predicted octanol–water partition coefficient (Wildman–Crippen LogP) is 0.348. The third kappa shape index (κ3) is 3.75. The van der Waals surface area contributed by atoms with Gasteiger partial charge in [0.05, 0.1) is 16.7 Å². The summed E-state index contributed by atoms with van der Waals surface area (Å²) in [5.41, 5.74) is -1.33. The van der Waals surface area contributed by atoms with Gasteiger partial charge in [-0.1, -0.05) is 0 Å². The lowest BCUT2D eigenvalue weighted by atomic mass is 10.1. The number of carboxylic acid groups (broad SMARTS) is 1. The lowest BCUT2D eigenvalue weighted by molar-refractivity contribution is 0.0376. The second kappa shape index (κ2) is 7.19. The highest BCUT2D eigenvalue weighted by atomic mass is 16.7. The molecule has 2 aromatic heterocycles. The Morgan fingerprint density at radius 1 is 0.621 bits per heavy atom. The highest BCUT2D eigenvalue weighted by molar-refractivity contribution is 6.00. The number of aromatic hydroxyl groups is 4. The molecule has 0 radical (unpaired) electrons. The van der Waals surface area contributed by atoms with E-state index in [9.17, 15) is 39.9 Å². The van der Waals surface area contributed by atoms with Crippen LogP contribution in [0, 0.1) is 0 Å². The molecular weight excluding hydrogens is 392 g/mol. The minimum Gasteiger partial charge on any atom is -0.492 e. The van der Waals surface area contributed by atoms with Crippen LogP contribution in [0.25, 0.3) is 0 Å². The quantitative estimate of drug-likeness (QED) is 0.398. The van der Waals surface area contributed by atoms with Crippen LogP contribution in [0.15, 0.2) is 42.5 Å². The van der Waals surface area contributed by atoms with Crippen molar-refractivity contribution >= 4 is 17.9 Å². The number of aromatic carboxylic acids is 1. The summed E-state index contributed by atoms with van der Waals surface area (Å²) in [6, 6.07) is 6.86. The van der Waals surface area contributed by atoms with E-state index < -0.39 is 58.1 Å². The maximum Gasteiger partial charge on any atom is 0.363 e. The summed E-state index contributed by atoms with van der Waals surface area (Å²) >= 11 is 0. The molecule has 12 heteroatoms. The van der Waals surface area contributed by atoms with Gasteiger partial charge in [-0.2, -0.15) is 0 Å². The van der Waals surface area contributed by atoms with Crippen molar-refractivity contribution in [2.45, 2.75) is 0 Å². The fraction of sp³-hybridized carbons (Fsp3) is 0. The molecule has 29 heavy (non-hydrogen) atoms. The zero-order valence-corrected chi connectivity index (χ0v) is 14.2. The van der Waals surface area contributed by atoms with Gasteiger partial charge in [0, 0.05) is 24.3 Å². The maximum absolute atomic E-state index is 12.3. The molecule has 150 valence electrons. The van der Waals surface area contributed by atoms with Gasteiger partial charge in [0.25, 0.3) is 0 Å². The van der Waals surface area contributed by atoms with Crippen molar-refractivity contribution in [2.75, 3.05) is 0 Å². The van der Waals surface area contributed by atoms with Gasteiger partial charge in [-0.15, -0.1) is 9.46 Å². The third-order valence-electron chi connectivity index (χ3n) is 3.60. The van der Waals surface area contributed by atoms with Crippen molar-refractivity contribution in [2.24, 2.45) is 0 Å². The van der Waals surface area contributed by atoms with E-state index in [-0.39, 0.29) is 0 Å². The third-order valence-corrected chi connectivity index (χ3v) is 3.60. The largest absolute Gasteiger partial charge is 0.492 e. The van der Waals surface area contributed by atoms with Crippen LogP contribution in [0.2, 0.25) is 0 Å². The molecule has 0 fully saturated rings. The summed E-state index contributed by atoms with van der Waals surface area (Å²) in [5.74, 6) is -6.34. The molecule has 0 amide bonds. The highest BCUT2D eigenvalue weighted by Crippen LogP contribution is 2.21. The summed E-state index contributed by atoms with van der Waals surface area (Å²) in [6.07, 6.45) is 0. The summed E-state index contributed by atoms with van der Waals surface area (Å²) in [6.45, 7) is 0. The summed E-state index contributed by atoms with van der Waals surface area (Å²) in [5, 5.41) is 47.3. The number of hydrogen-bond acceptors (Lipinski definition) is 9. The Kier molecular flexibility index (Phi) is 4.75. The minimum atomic E-state index is -1.48. The highest BCUT2D eigenvalue weighted by Gasteiger charge is 2.21. The SMILES string of the molecule is O=C(O)c1cc(C(=O)On2c(O)ccc2O)cc(C(=O)On2c(O)ccc2O)c1. The van der Waals surface area contributed by atoms with E-state index in [1.54, 1.807) is 0 Å². The van der Waals surface area contributed by atoms with Crippen LogP contribution in [0.5, 0.6) is 23.5 Å². The molecule has 0 spiro atoms. The van der Waals surface area contributed by atoms with Crippen molar-refractivity contribution in [1.29, 1.82) is 0 Å². The summed E-state index contributed by atoms with van der Waals surface area (Å²) in [7, 11) is 0. The molecule has 5 N–H and O–H groups in total. The van der Waals surface area contributed by atoms with Crippen LogP contribution in [-0.4, -0.2) is 52.9 Å². The van der Waals surface area contributed by atoms with Gasteiger partial charge in [0.2, 0.25) is 23.5 Å². The molecule has 0 bridgehead atoms. The summed E-state index contributed by atoms with van der Waals surface area (Å²) < 4.78 is 0.757. The van der Waals surface area contributed by atoms with Crippen molar-refractivity contribution in [3.8, 4) is 23.5 Å². The van der Waals surface area contributed by atoms with Crippen LogP contribution in [0.4, 0.5) is 0 Å². The van der Waals surface area contributed by atoms with E-state index in [4.69, 9.17) is 9.68 Å².